The molecule has 5 aromatic rings. The number of anilines is 1. The minimum absolute atomic E-state index is 0.103. The van der Waals surface area contributed by atoms with Gasteiger partial charge in [-0.2, -0.15) is 0 Å². The van der Waals surface area contributed by atoms with Crippen molar-refractivity contribution < 1.29 is 131 Å². The van der Waals surface area contributed by atoms with Crippen molar-refractivity contribution in [1.82, 2.24) is 74.1 Å². The SMILES string of the molecule is CCCCCCOc1ccc(-c2csc(C(=O)N[C@@H](Cc3c[nH]c4ccccc34)C(=O)N[C@H](CC(N)=O)C(=O)N[C@@H](CC(=O)O)C(=O)N[C@@H]3C(=O)NCC(=O)N[C@@H](CCCN)C(=O)N[C@@H](CC(=O)O)C(=O)N[C@H](C)C(=O)N[C@@H](CC(=O)O)C(=O)NCC(=O)N[C@H](CO)C(=O)N[C@@H]([C@H](C)CC(=O)O)C(=O)N[C@@H](CC(=O)c4ccccc4N)C(=O)O[C@@H]3C)c2)cc1. The summed E-state index contributed by atoms with van der Waals surface area (Å²) < 4.78 is 11.6. The zero-order chi connectivity index (χ0) is 91.6. The minimum Gasteiger partial charge on any atom is -0.494 e. The van der Waals surface area contributed by atoms with Crippen molar-refractivity contribution in [2.75, 3.05) is 38.6 Å². The topological polar surface area (TPSA) is 711 Å². The van der Waals surface area contributed by atoms with Gasteiger partial charge in [0.05, 0.1) is 63.3 Å². The van der Waals surface area contributed by atoms with Crippen molar-refractivity contribution in [3.8, 4) is 16.9 Å². The number of Topliss-reactive ketones (excluding diaryl/α,β-unsaturated/α-hetero) is 1. The Labute approximate surface area is 711 Å². The molecule has 14 amide bonds. The average Bonchev–Trinajstić information content (AvgIpc) is 1.68. The number of nitrogen functional groups attached to an aromatic ring is 1. The number of benzene rings is 3. The molecule has 6 rings (SSSR count). The number of esters is 1. The fraction of sp³-hybridized carbons (Fsp3) is 0.443. The first-order valence-electron chi connectivity index (χ1n) is 39.1. The number of rotatable bonds is 35. The fourth-order valence-electron chi connectivity index (χ4n) is 12.5. The molecule has 670 valence electrons. The van der Waals surface area contributed by atoms with Gasteiger partial charge in [-0.25, -0.2) is 4.79 Å². The highest BCUT2D eigenvalue weighted by atomic mass is 32.1. The normalized spacial score (nSPS) is 20.5. The van der Waals surface area contributed by atoms with Crippen LogP contribution in [0.15, 0.2) is 90.4 Å². The molecule has 0 spiro atoms. The molecule has 44 nitrogen and oxygen atoms in total. The van der Waals surface area contributed by atoms with E-state index in [-0.39, 0.29) is 35.5 Å². The number of carboxylic acids is 4. The third kappa shape index (κ3) is 31.2. The number of unbranched alkanes of at least 4 members (excludes halogenated alkanes) is 3. The molecule has 0 aliphatic carbocycles. The summed E-state index contributed by atoms with van der Waals surface area (Å²) in [6.45, 7) is 1.62. The number of aliphatic hydroxyl groups excluding tert-OH is 1. The second-order valence-corrected chi connectivity index (χ2v) is 29.8. The number of aliphatic hydroxyl groups is 1. The Bertz CT molecular complexity index is 4750. The van der Waals surface area contributed by atoms with Gasteiger partial charge in [-0.05, 0) is 104 Å². The predicted octanol–water partition coefficient (Wildman–Crippen LogP) is -3.76. The van der Waals surface area contributed by atoms with Crippen LogP contribution in [-0.4, -0.2) is 254 Å². The molecule has 124 heavy (non-hydrogen) atoms. The molecular weight excluding hydrogens is 1650 g/mol. The Balaban J connectivity index is 1.39. The Morgan fingerprint density at radius 2 is 1.16 bits per heavy atom. The van der Waals surface area contributed by atoms with Crippen LogP contribution < -0.4 is 91.1 Å². The van der Waals surface area contributed by atoms with Gasteiger partial charge < -0.3 is 126 Å². The van der Waals surface area contributed by atoms with E-state index in [1.54, 1.807) is 66.2 Å². The lowest BCUT2D eigenvalue weighted by molar-refractivity contribution is -0.156. The average molecular weight is 1750 g/mol. The molecule has 1 aliphatic rings. The van der Waals surface area contributed by atoms with E-state index in [1.807, 2.05) is 16.0 Å². The Kier molecular flexibility index (Phi) is 38.6. The number of aromatic amines is 1. The van der Waals surface area contributed by atoms with Crippen LogP contribution in [0, 0.1) is 5.92 Å². The molecule has 45 heteroatoms. The largest absolute Gasteiger partial charge is 0.494 e. The van der Waals surface area contributed by atoms with Crippen LogP contribution >= 0.6 is 11.3 Å². The molecule has 13 atom stereocenters. The van der Waals surface area contributed by atoms with Crippen LogP contribution in [0.2, 0.25) is 0 Å². The van der Waals surface area contributed by atoms with Crippen molar-refractivity contribution in [3.63, 3.8) is 0 Å². The summed E-state index contributed by atoms with van der Waals surface area (Å²) in [6, 6.07) is -2.22. The number of fused-ring (bicyclic) bond motifs is 1. The standard InChI is InChI=1S/C79H101N17O27S/c1-5-6-7-12-24-122-44-21-19-41(20-22-44)43-27-58(124-37-43)76(118)93-50(26-42-33-83-48-17-11-9-14-45(42)48)72(114)90-51(29-59(82)99)73(115)92-54(32-65(108)109)74(116)96-67-40(4)123-79(121)55(28-57(98)46-15-8-10-16-47(46)81)94-78(120)66(38(2)25-62(102)103)95-75(117)56(36-97)88-61(101)34-84-69(111)52(30-63(104)105)89-68(110)39(3)86-71(113)53(31-64(106)107)91-70(112)49(18-13-23-80)87-60(100)35-85-77(67)119/h8-11,14-17,19-22,27,33,37-40,49-56,66-67,83,97H,5-7,12-13,18,23-26,28-32,34-36,80-81H2,1-4H3,(H2,82,99)(H,84,111)(H,85,119)(H,86,113)(H,87,100)(H,88,101)(H,89,110)(H,90,114)(H,91,112)(H,92,115)(H,93,118)(H,94,120)(H,95,117)(H,96,116)(H,102,103)(H,104,105)(H,106,107)(H,108,109)/t38-,39-,40-,49+,50+,51-,52+,53+,54+,55+,56-,66+,67+/m1/s1. The molecule has 0 radical (unpaired) electrons. The first kappa shape index (κ1) is 98.8. The van der Waals surface area contributed by atoms with Crippen LogP contribution in [0.1, 0.15) is 130 Å². The highest BCUT2D eigenvalue weighted by Crippen LogP contribution is 2.29. The van der Waals surface area contributed by atoms with Crippen molar-refractivity contribution >= 4 is 146 Å². The number of carbonyl (C=O) groups is 20. The third-order valence-electron chi connectivity index (χ3n) is 19.1. The van der Waals surface area contributed by atoms with Crippen molar-refractivity contribution in [1.29, 1.82) is 0 Å². The van der Waals surface area contributed by atoms with Gasteiger partial charge in [-0.15, -0.1) is 11.3 Å². The maximum atomic E-state index is 14.9. The zero-order valence-corrected chi connectivity index (χ0v) is 68.6. The lowest BCUT2D eigenvalue weighted by Gasteiger charge is -2.30. The van der Waals surface area contributed by atoms with E-state index in [1.165, 1.54) is 24.3 Å². The minimum atomic E-state index is -2.47. The van der Waals surface area contributed by atoms with E-state index in [0.29, 0.717) is 39.9 Å². The van der Waals surface area contributed by atoms with Gasteiger partial charge in [0.1, 0.15) is 78.3 Å². The smallest absolute Gasteiger partial charge is 0.329 e. The maximum absolute atomic E-state index is 14.9. The monoisotopic (exact) mass is 1750 g/mol. The molecule has 1 fully saturated rings. The zero-order valence-electron chi connectivity index (χ0n) is 67.8. The number of nitrogens with one attached hydrogen (secondary N) is 14. The highest BCUT2D eigenvalue weighted by Gasteiger charge is 2.41. The van der Waals surface area contributed by atoms with E-state index >= 15 is 0 Å². The number of ether oxygens (including phenoxy) is 2. The molecule has 1 saturated heterocycles. The number of hydrogen-bond donors (Lipinski definition) is 22. The van der Waals surface area contributed by atoms with Crippen molar-refractivity contribution in [2.45, 2.75) is 184 Å². The quantitative estimate of drug-likeness (QED) is 0.00802. The number of carbonyl (C=O) groups excluding carboxylic acids is 16. The van der Waals surface area contributed by atoms with Crippen LogP contribution in [0.5, 0.6) is 5.75 Å². The Hall–Kier alpha value is -14.0. The van der Waals surface area contributed by atoms with Gasteiger partial charge in [-0.3, -0.25) is 91.1 Å². The molecule has 3 aromatic carbocycles. The maximum Gasteiger partial charge on any atom is 0.329 e. The van der Waals surface area contributed by atoms with Crippen molar-refractivity contribution in [2.24, 2.45) is 17.4 Å². The summed E-state index contributed by atoms with van der Waals surface area (Å²) in [4.78, 5) is 279. The third-order valence-corrected chi connectivity index (χ3v) is 20.0. The number of primary amides is 1. The molecule has 2 aromatic heterocycles. The summed E-state index contributed by atoms with van der Waals surface area (Å²) in [5.41, 5.74) is 19.4. The number of thiophene rings is 1. The van der Waals surface area contributed by atoms with Gasteiger partial charge in [0.25, 0.3) is 5.91 Å². The molecule has 3 heterocycles. The predicted molar refractivity (Wildman–Crippen MR) is 436 cm³/mol. The molecule has 25 N–H and O–H groups in total. The van der Waals surface area contributed by atoms with E-state index in [9.17, 15) is 121 Å². The van der Waals surface area contributed by atoms with Gasteiger partial charge in [-0.1, -0.05) is 75.6 Å². The van der Waals surface area contributed by atoms with E-state index in [4.69, 9.17) is 26.7 Å². The summed E-state index contributed by atoms with van der Waals surface area (Å²) >= 11 is 1.03. The molecule has 0 saturated carbocycles. The number of para-hydroxylation sites is 2. The first-order chi connectivity index (χ1) is 58.8. The number of amides is 14. The second-order valence-electron chi connectivity index (χ2n) is 28.9. The second kappa shape index (κ2) is 48.5. The summed E-state index contributed by atoms with van der Waals surface area (Å²) in [6.07, 6.45) is -4.53. The van der Waals surface area contributed by atoms with Crippen LogP contribution in [0.3, 0.4) is 0 Å². The van der Waals surface area contributed by atoms with Crippen molar-refractivity contribution in [3.05, 3.63) is 106 Å². The summed E-state index contributed by atoms with van der Waals surface area (Å²) in [5, 5.41) is 80.6. The van der Waals surface area contributed by atoms with Crippen LogP contribution in [0.4, 0.5) is 5.69 Å². The van der Waals surface area contributed by atoms with Gasteiger partial charge in [0.15, 0.2) is 5.78 Å². The van der Waals surface area contributed by atoms with Gasteiger partial charge in [0.2, 0.25) is 76.8 Å². The number of nitrogens with two attached hydrogens (primary N) is 3. The van der Waals surface area contributed by atoms with Gasteiger partial charge >= 0.3 is 29.8 Å². The number of aliphatic carboxylic acids is 4. The number of hydrogen-bond acceptors (Lipinski definition) is 26. The summed E-state index contributed by atoms with van der Waals surface area (Å²) in [5.74, 6) is -29.6. The van der Waals surface area contributed by atoms with E-state index in [2.05, 4.69) is 65.1 Å². The summed E-state index contributed by atoms with van der Waals surface area (Å²) in [7, 11) is 0. The number of cyclic esters (lactones) is 1. The van der Waals surface area contributed by atoms with Crippen LogP contribution in [-0.2, 0) is 97.5 Å². The Morgan fingerprint density at radius 1 is 0.581 bits per heavy atom. The first-order valence-corrected chi connectivity index (χ1v) is 40.0. The highest BCUT2D eigenvalue weighted by molar-refractivity contribution is 7.12. The molecular formula is C79H101N17O27S. The lowest BCUT2D eigenvalue weighted by Crippen LogP contribution is -2.62. The number of aromatic nitrogens is 1. The lowest BCUT2D eigenvalue weighted by atomic mass is 9.96. The van der Waals surface area contributed by atoms with E-state index in [0.717, 1.165) is 57.8 Å². The molecule has 1 aliphatic heterocycles. The van der Waals surface area contributed by atoms with E-state index < -0.39 is 261 Å². The number of H-pyrrole nitrogens is 1. The van der Waals surface area contributed by atoms with Crippen LogP contribution in [0.25, 0.3) is 22.0 Å². The molecule has 0 bridgehead atoms. The van der Waals surface area contributed by atoms with Gasteiger partial charge in [0, 0.05) is 41.2 Å². The fourth-order valence-corrected chi connectivity index (χ4v) is 13.3. The molecule has 0 unspecified atom stereocenters. The Morgan fingerprint density at radius 3 is 1.78 bits per heavy atom. The number of ketones is 1. The number of carboxylic acid groups (broad SMARTS) is 4.